The molecule has 1 aliphatic rings. The van der Waals surface area contributed by atoms with Crippen molar-refractivity contribution < 1.29 is 4.74 Å². The molecule has 0 aliphatic carbocycles. The number of rotatable bonds is 3. The van der Waals surface area contributed by atoms with Gasteiger partial charge in [-0.1, -0.05) is 12.1 Å². The molecule has 0 spiro atoms. The summed E-state index contributed by atoms with van der Waals surface area (Å²) in [4.78, 5) is 0. The van der Waals surface area contributed by atoms with Crippen molar-refractivity contribution in [2.75, 3.05) is 7.05 Å². The number of ether oxygens (including phenoxy) is 1. The summed E-state index contributed by atoms with van der Waals surface area (Å²) in [7, 11) is 2.00. The van der Waals surface area contributed by atoms with E-state index in [-0.39, 0.29) is 6.04 Å². The zero-order valence-electron chi connectivity index (χ0n) is 10.9. The van der Waals surface area contributed by atoms with Gasteiger partial charge in [0.1, 0.15) is 11.9 Å². The van der Waals surface area contributed by atoms with Crippen molar-refractivity contribution in [3.8, 4) is 5.75 Å². The minimum Gasteiger partial charge on any atom is -0.490 e. The summed E-state index contributed by atoms with van der Waals surface area (Å²) in [5, 5.41) is 5.59. The van der Waals surface area contributed by atoms with Gasteiger partial charge in [-0.25, -0.2) is 0 Å². The maximum atomic E-state index is 5.76. The molecule has 3 rings (SSSR count). The number of hydrogen-bond acceptors (Lipinski definition) is 3. The topological polar surface area (TPSA) is 21.3 Å². The van der Waals surface area contributed by atoms with Gasteiger partial charge < -0.3 is 10.1 Å². The maximum Gasteiger partial charge on any atom is 0.123 e. The van der Waals surface area contributed by atoms with Crippen LogP contribution in [0.1, 0.15) is 29.7 Å². The SMILES string of the molecule is CNC(c1csc(Br)c1)c1ccc2c(c1)CC(C)O2. The van der Waals surface area contributed by atoms with Crippen LogP contribution in [0.15, 0.2) is 33.4 Å². The van der Waals surface area contributed by atoms with E-state index < -0.39 is 0 Å². The van der Waals surface area contributed by atoms with Crippen LogP contribution >= 0.6 is 27.3 Å². The molecular weight excluding hydrogens is 322 g/mol. The number of thiophene rings is 1. The second-order valence-corrected chi connectivity index (χ2v) is 7.20. The summed E-state index contributed by atoms with van der Waals surface area (Å²) in [5.74, 6) is 1.04. The van der Waals surface area contributed by atoms with Gasteiger partial charge in [0.05, 0.1) is 9.83 Å². The molecule has 1 aliphatic heterocycles. The zero-order valence-corrected chi connectivity index (χ0v) is 13.3. The van der Waals surface area contributed by atoms with Gasteiger partial charge in [-0.3, -0.25) is 0 Å². The van der Waals surface area contributed by atoms with E-state index in [1.165, 1.54) is 20.5 Å². The minimum atomic E-state index is 0.240. The molecule has 2 nitrogen and oxygen atoms in total. The van der Waals surface area contributed by atoms with Gasteiger partial charge in [0.15, 0.2) is 0 Å². The van der Waals surface area contributed by atoms with Crippen LogP contribution in [0.4, 0.5) is 0 Å². The van der Waals surface area contributed by atoms with Crippen LogP contribution in [0, 0.1) is 0 Å². The normalized spacial score (nSPS) is 19.0. The molecule has 0 saturated carbocycles. The van der Waals surface area contributed by atoms with Crippen LogP contribution in [0.3, 0.4) is 0 Å². The van der Waals surface area contributed by atoms with E-state index in [2.05, 4.69) is 57.8 Å². The smallest absolute Gasteiger partial charge is 0.123 e. The van der Waals surface area contributed by atoms with Crippen LogP contribution in [-0.2, 0) is 6.42 Å². The van der Waals surface area contributed by atoms with Gasteiger partial charge in [0.2, 0.25) is 0 Å². The average Bonchev–Trinajstić information content (AvgIpc) is 2.95. The van der Waals surface area contributed by atoms with Gasteiger partial charge in [0.25, 0.3) is 0 Å². The van der Waals surface area contributed by atoms with Gasteiger partial charge in [-0.2, -0.15) is 0 Å². The van der Waals surface area contributed by atoms with E-state index in [0.717, 1.165) is 12.2 Å². The lowest BCUT2D eigenvalue weighted by Crippen LogP contribution is -2.17. The molecule has 4 heteroatoms. The second kappa shape index (κ2) is 5.27. The Bertz CT molecular complexity index is 596. The second-order valence-electron chi connectivity index (χ2n) is 4.91. The standard InChI is InChI=1S/C15H16BrNOS/c1-9-5-11-6-10(3-4-13(11)18-9)15(17-2)12-7-14(16)19-8-12/h3-4,6-9,15,17H,5H2,1-2H3. The summed E-state index contributed by atoms with van der Waals surface area (Å²) in [6, 6.07) is 8.94. The Hall–Kier alpha value is -0.840. The molecule has 0 amide bonds. The fourth-order valence-electron chi connectivity index (χ4n) is 2.62. The van der Waals surface area contributed by atoms with E-state index in [0.29, 0.717) is 6.10 Å². The Kier molecular flexibility index (Phi) is 3.65. The highest BCUT2D eigenvalue weighted by Gasteiger charge is 2.21. The van der Waals surface area contributed by atoms with E-state index in [9.17, 15) is 0 Å². The molecular formula is C15H16BrNOS. The number of halogens is 1. The lowest BCUT2D eigenvalue weighted by atomic mass is 9.98. The largest absolute Gasteiger partial charge is 0.490 e. The predicted molar refractivity (Wildman–Crippen MR) is 83.2 cm³/mol. The third-order valence-electron chi connectivity index (χ3n) is 3.46. The molecule has 0 radical (unpaired) electrons. The minimum absolute atomic E-state index is 0.240. The quantitative estimate of drug-likeness (QED) is 0.908. The first kappa shape index (κ1) is 13.2. The number of hydrogen-bond donors (Lipinski definition) is 1. The molecule has 0 bridgehead atoms. The van der Waals surface area contributed by atoms with Gasteiger partial charge in [-0.05, 0) is 64.1 Å². The van der Waals surface area contributed by atoms with Crippen LogP contribution < -0.4 is 10.1 Å². The fraction of sp³-hybridized carbons (Fsp3) is 0.333. The molecule has 1 aromatic heterocycles. The van der Waals surface area contributed by atoms with Crippen molar-refractivity contribution in [1.29, 1.82) is 0 Å². The molecule has 0 saturated heterocycles. The highest BCUT2D eigenvalue weighted by molar-refractivity contribution is 9.11. The first-order valence-corrected chi connectivity index (χ1v) is 8.05. The Balaban J connectivity index is 1.95. The molecule has 19 heavy (non-hydrogen) atoms. The third kappa shape index (κ3) is 2.57. The first-order valence-electron chi connectivity index (χ1n) is 6.38. The molecule has 2 atom stereocenters. The van der Waals surface area contributed by atoms with E-state index in [1.807, 2.05) is 7.05 Å². The van der Waals surface area contributed by atoms with Crippen LogP contribution in [0.25, 0.3) is 0 Å². The predicted octanol–water partition coefficient (Wildman–Crippen LogP) is 4.14. The highest BCUT2D eigenvalue weighted by Crippen LogP contribution is 2.34. The maximum absolute atomic E-state index is 5.76. The summed E-state index contributed by atoms with van der Waals surface area (Å²) < 4.78 is 6.93. The molecule has 2 unspecified atom stereocenters. The van der Waals surface area contributed by atoms with Crippen molar-refractivity contribution in [2.45, 2.75) is 25.5 Å². The number of benzene rings is 1. The van der Waals surface area contributed by atoms with E-state index in [4.69, 9.17) is 4.74 Å². The molecule has 1 aromatic carbocycles. The Labute approximate surface area is 125 Å². The first-order chi connectivity index (χ1) is 9.17. The van der Waals surface area contributed by atoms with Crippen LogP contribution in [0.2, 0.25) is 0 Å². The number of nitrogens with one attached hydrogen (secondary N) is 1. The molecule has 2 heterocycles. The van der Waals surface area contributed by atoms with E-state index >= 15 is 0 Å². The fourth-order valence-corrected chi connectivity index (χ4v) is 3.82. The lowest BCUT2D eigenvalue weighted by molar-refractivity contribution is 0.254. The van der Waals surface area contributed by atoms with E-state index in [1.54, 1.807) is 11.3 Å². The highest BCUT2D eigenvalue weighted by atomic mass is 79.9. The summed E-state index contributed by atoms with van der Waals surface area (Å²) >= 11 is 5.25. The monoisotopic (exact) mass is 337 g/mol. The molecule has 100 valence electrons. The van der Waals surface area contributed by atoms with Crippen molar-refractivity contribution in [3.63, 3.8) is 0 Å². The Morgan fingerprint density at radius 3 is 2.89 bits per heavy atom. The summed E-state index contributed by atoms with van der Waals surface area (Å²) in [5.41, 5.74) is 3.91. The average molecular weight is 338 g/mol. The van der Waals surface area contributed by atoms with Gasteiger partial charge in [-0.15, -0.1) is 11.3 Å². The van der Waals surface area contributed by atoms with Crippen molar-refractivity contribution in [1.82, 2.24) is 5.32 Å². The molecule has 1 N–H and O–H groups in total. The zero-order chi connectivity index (χ0) is 13.4. The van der Waals surface area contributed by atoms with Gasteiger partial charge >= 0.3 is 0 Å². The summed E-state index contributed by atoms with van der Waals surface area (Å²) in [6.07, 6.45) is 1.31. The lowest BCUT2D eigenvalue weighted by Gasteiger charge is -2.16. The molecule has 2 aromatic rings. The Morgan fingerprint density at radius 1 is 1.37 bits per heavy atom. The van der Waals surface area contributed by atoms with Crippen LogP contribution in [-0.4, -0.2) is 13.2 Å². The van der Waals surface area contributed by atoms with Crippen molar-refractivity contribution >= 4 is 27.3 Å². The van der Waals surface area contributed by atoms with Crippen molar-refractivity contribution in [3.05, 3.63) is 50.1 Å². The van der Waals surface area contributed by atoms with Crippen LogP contribution in [0.5, 0.6) is 5.75 Å². The number of fused-ring (bicyclic) bond motifs is 1. The summed E-state index contributed by atoms with van der Waals surface area (Å²) in [6.45, 7) is 2.12. The molecule has 0 fully saturated rings. The third-order valence-corrected chi connectivity index (χ3v) is 4.99. The Morgan fingerprint density at radius 2 is 2.21 bits per heavy atom. The van der Waals surface area contributed by atoms with Crippen molar-refractivity contribution in [2.24, 2.45) is 0 Å². The van der Waals surface area contributed by atoms with Gasteiger partial charge in [0, 0.05) is 6.42 Å².